The molecular weight excluding hydrogens is 412 g/mol. The molecule has 11 heteroatoms. The SMILES string of the molecule is O=C(NC1CCS(=O)(=O)C1)c1cc(-c2cnn3cc(-c4cn[nH]c4)cnc23)cs1. The van der Waals surface area contributed by atoms with Crippen molar-refractivity contribution in [3.8, 4) is 22.3 Å². The molecule has 1 saturated heterocycles. The normalized spacial score (nSPS) is 18.3. The standard InChI is InChI=1S/C18H16N6O3S2/c25-18(23-14-1-2-29(26,27)10-14)16-3-11(9-28-16)15-7-22-24-8-13(4-19-17(15)24)12-5-20-21-6-12/h3-9,14H,1-2,10H2,(H,20,21)(H,23,25). The molecule has 0 aromatic carbocycles. The average molecular weight is 428 g/mol. The van der Waals surface area contributed by atoms with Crippen LogP contribution in [-0.2, 0) is 9.84 Å². The Balaban J connectivity index is 1.39. The first kappa shape index (κ1) is 18.0. The van der Waals surface area contributed by atoms with Crippen molar-refractivity contribution < 1.29 is 13.2 Å². The molecule has 5 rings (SSSR count). The van der Waals surface area contributed by atoms with Gasteiger partial charge in [-0.1, -0.05) is 0 Å². The van der Waals surface area contributed by atoms with Gasteiger partial charge in [-0.3, -0.25) is 9.89 Å². The number of rotatable bonds is 4. The molecule has 148 valence electrons. The fourth-order valence-electron chi connectivity index (χ4n) is 3.40. The van der Waals surface area contributed by atoms with Crippen molar-refractivity contribution >= 4 is 32.7 Å². The maximum Gasteiger partial charge on any atom is 0.261 e. The molecule has 5 heterocycles. The van der Waals surface area contributed by atoms with E-state index in [-0.39, 0.29) is 23.5 Å². The Morgan fingerprint density at radius 2 is 2.14 bits per heavy atom. The molecule has 2 N–H and O–H groups in total. The van der Waals surface area contributed by atoms with Gasteiger partial charge in [0.25, 0.3) is 5.91 Å². The Hall–Kier alpha value is -3.05. The van der Waals surface area contributed by atoms with Crippen LogP contribution in [0.25, 0.3) is 27.9 Å². The lowest BCUT2D eigenvalue weighted by Crippen LogP contribution is -2.35. The lowest BCUT2D eigenvalue weighted by atomic mass is 10.1. The van der Waals surface area contributed by atoms with E-state index in [2.05, 4.69) is 25.6 Å². The van der Waals surface area contributed by atoms with Crippen LogP contribution in [0.2, 0.25) is 0 Å². The van der Waals surface area contributed by atoms with Gasteiger partial charge in [-0.15, -0.1) is 11.3 Å². The summed E-state index contributed by atoms with van der Waals surface area (Å²) in [5.74, 6) is -0.119. The Bertz CT molecular complexity index is 1310. The molecule has 0 saturated carbocycles. The highest BCUT2D eigenvalue weighted by Gasteiger charge is 2.29. The quantitative estimate of drug-likeness (QED) is 0.511. The maximum atomic E-state index is 12.5. The van der Waals surface area contributed by atoms with Crippen molar-refractivity contribution in [2.24, 2.45) is 0 Å². The van der Waals surface area contributed by atoms with Crippen LogP contribution in [-0.4, -0.2) is 56.7 Å². The highest BCUT2D eigenvalue weighted by atomic mass is 32.2. The highest BCUT2D eigenvalue weighted by molar-refractivity contribution is 7.91. The lowest BCUT2D eigenvalue weighted by Gasteiger charge is -2.09. The monoisotopic (exact) mass is 428 g/mol. The molecule has 1 atom stereocenters. The third-order valence-corrected chi connectivity index (χ3v) is 7.59. The second-order valence-electron chi connectivity index (χ2n) is 6.93. The predicted octanol–water partition coefficient (Wildman–Crippen LogP) is 1.76. The first-order chi connectivity index (χ1) is 14.0. The van der Waals surface area contributed by atoms with Gasteiger partial charge in [0.2, 0.25) is 0 Å². The van der Waals surface area contributed by atoms with Crippen molar-refractivity contribution in [3.05, 3.63) is 47.3 Å². The van der Waals surface area contributed by atoms with Crippen LogP contribution in [0.3, 0.4) is 0 Å². The van der Waals surface area contributed by atoms with Gasteiger partial charge in [-0.2, -0.15) is 10.2 Å². The van der Waals surface area contributed by atoms with Gasteiger partial charge < -0.3 is 5.32 Å². The van der Waals surface area contributed by atoms with Gasteiger partial charge in [0.05, 0.1) is 28.8 Å². The van der Waals surface area contributed by atoms with E-state index in [0.717, 1.165) is 22.3 Å². The van der Waals surface area contributed by atoms with Crippen LogP contribution < -0.4 is 5.32 Å². The minimum atomic E-state index is -3.03. The minimum absolute atomic E-state index is 0.00787. The van der Waals surface area contributed by atoms with Crippen molar-refractivity contribution in [2.45, 2.75) is 12.5 Å². The Morgan fingerprint density at radius 1 is 1.24 bits per heavy atom. The molecular formula is C18H16N6O3S2. The molecule has 4 aromatic rings. The summed E-state index contributed by atoms with van der Waals surface area (Å²) >= 11 is 1.31. The number of H-pyrrole nitrogens is 1. The Kier molecular flexibility index (Phi) is 4.21. The Labute approximate surface area is 169 Å². The highest BCUT2D eigenvalue weighted by Crippen LogP contribution is 2.29. The third-order valence-electron chi connectivity index (χ3n) is 4.89. The number of aromatic nitrogens is 5. The van der Waals surface area contributed by atoms with Crippen molar-refractivity contribution in [1.82, 2.24) is 30.1 Å². The van der Waals surface area contributed by atoms with Crippen LogP contribution in [0.1, 0.15) is 16.1 Å². The van der Waals surface area contributed by atoms with Crippen LogP contribution in [0.4, 0.5) is 0 Å². The van der Waals surface area contributed by atoms with Crippen molar-refractivity contribution in [1.29, 1.82) is 0 Å². The summed E-state index contributed by atoms with van der Waals surface area (Å²) < 4.78 is 24.8. The molecule has 1 aliphatic rings. The van der Waals surface area contributed by atoms with Crippen LogP contribution in [0, 0.1) is 0 Å². The van der Waals surface area contributed by atoms with Crippen molar-refractivity contribution in [2.75, 3.05) is 11.5 Å². The number of carbonyl (C=O) groups excluding carboxylic acids is 1. The summed E-state index contributed by atoms with van der Waals surface area (Å²) in [7, 11) is -3.03. The van der Waals surface area contributed by atoms with Crippen LogP contribution in [0.5, 0.6) is 0 Å². The van der Waals surface area contributed by atoms with E-state index >= 15 is 0 Å². The van der Waals surface area contributed by atoms with Gasteiger partial charge >= 0.3 is 0 Å². The van der Waals surface area contributed by atoms with Gasteiger partial charge in [0.15, 0.2) is 15.5 Å². The topological polar surface area (TPSA) is 122 Å². The van der Waals surface area contributed by atoms with Gasteiger partial charge in [-0.25, -0.2) is 17.9 Å². The summed E-state index contributed by atoms with van der Waals surface area (Å²) in [6, 6.07) is 1.46. The molecule has 1 amide bonds. The Morgan fingerprint density at radius 3 is 2.90 bits per heavy atom. The van der Waals surface area contributed by atoms with Crippen LogP contribution in [0.15, 0.2) is 42.4 Å². The number of aromatic amines is 1. The summed E-state index contributed by atoms with van der Waals surface area (Å²) in [6.07, 6.45) is 9.31. The van der Waals surface area contributed by atoms with E-state index in [4.69, 9.17) is 0 Å². The molecule has 1 aliphatic heterocycles. The van der Waals surface area contributed by atoms with E-state index in [0.29, 0.717) is 16.9 Å². The first-order valence-corrected chi connectivity index (χ1v) is 11.6. The number of thiophene rings is 1. The smallest absolute Gasteiger partial charge is 0.261 e. The second-order valence-corrected chi connectivity index (χ2v) is 10.1. The third kappa shape index (κ3) is 3.42. The second kappa shape index (κ2) is 6.78. The maximum absolute atomic E-state index is 12.5. The molecule has 1 unspecified atom stereocenters. The number of nitrogens with zero attached hydrogens (tertiary/aromatic N) is 4. The molecule has 4 aromatic heterocycles. The average Bonchev–Trinajstić information content (AvgIpc) is 3.47. The fraction of sp³-hybridized carbons (Fsp3) is 0.222. The van der Waals surface area contributed by atoms with E-state index in [1.165, 1.54) is 11.3 Å². The molecule has 1 fully saturated rings. The summed E-state index contributed by atoms with van der Waals surface area (Å²) in [6.45, 7) is 0. The largest absolute Gasteiger partial charge is 0.348 e. The molecule has 29 heavy (non-hydrogen) atoms. The molecule has 0 aliphatic carbocycles. The predicted molar refractivity (Wildman–Crippen MR) is 108 cm³/mol. The van der Waals surface area contributed by atoms with E-state index in [1.54, 1.807) is 35.4 Å². The van der Waals surface area contributed by atoms with E-state index in [9.17, 15) is 13.2 Å². The summed E-state index contributed by atoms with van der Waals surface area (Å²) in [5, 5.41) is 15.8. The van der Waals surface area contributed by atoms with Gasteiger partial charge in [0.1, 0.15) is 0 Å². The van der Waals surface area contributed by atoms with Crippen LogP contribution >= 0.6 is 11.3 Å². The van der Waals surface area contributed by atoms with E-state index in [1.807, 2.05) is 11.6 Å². The number of fused-ring (bicyclic) bond motifs is 1. The van der Waals surface area contributed by atoms with E-state index < -0.39 is 9.84 Å². The number of hydrogen-bond acceptors (Lipinski definition) is 7. The van der Waals surface area contributed by atoms with Gasteiger partial charge in [-0.05, 0) is 23.4 Å². The fourth-order valence-corrected chi connectivity index (χ4v) is 5.88. The summed E-state index contributed by atoms with van der Waals surface area (Å²) in [4.78, 5) is 17.5. The van der Waals surface area contributed by atoms with Gasteiger partial charge in [0, 0.05) is 41.3 Å². The minimum Gasteiger partial charge on any atom is -0.348 e. The number of nitrogens with one attached hydrogen (secondary N) is 2. The molecule has 9 nitrogen and oxygen atoms in total. The zero-order valence-electron chi connectivity index (χ0n) is 15.1. The zero-order chi connectivity index (χ0) is 20.0. The summed E-state index contributed by atoms with van der Waals surface area (Å²) in [5.41, 5.74) is 4.15. The number of carbonyl (C=O) groups is 1. The van der Waals surface area contributed by atoms with Crippen molar-refractivity contribution in [3.63, 3.8) is 0 Å². The number of amides is 1. The number of sulfone groups is 1. The molecule has 0 radical (unpaired) electrons. The number of hydrogen-bond donors (Lipinski definition) is 2. The zero-order valence-corrected chi connectivity index (χ0v) is 16.7. The molecule has 0 spiro atoms. The molecule has 0 bridgehead atoms. The lowest BCUT2D eigenvalue weighted by molar-refractivity contribution is 0.0945. The first-order valence-electron chi connectivity index (χ1n) is 8.91.